The van der Waals surface area contributed by atoms with Gasteiger partial charge in [-0.1, -0.05) is 25.1 Å². The molecule has 2 heterocycles. The lowest BCUT2D eigenvalue weighted by molar-refractivity contribution is -0.174. The first-order chi connectivity index (χ1) is 15.7. The van der Waals surface area contributed by atoms with Crippen LogP contribution in [0.2, 0.25) is 0 Å². The molecule has 0 unspecified atom stereocenters. The number of anilines is 3. The molecule has 176 valence electrons. The third kappa shape index (κ3) is 4.49. The highest BCUT2D eigenvalue weighted by Crippen LogP contribution is 2.48. The van der Waals surface area contributed by atoms with Crippen LogP contribution in [0.4, 0.5) is 30.2 Å². The molecule has 0 spiro atoms. The van der Waals surface area contributed by atoms with Gasteiger partial charge in [-0.25, -0.2) is 0 Å². The molecule has 1 saturated heterocycles. The Balaban J connectivity index is 1.71. The first kappa shape index (κ1) is 22.9. The molecule has 0 saturated carbocycles. The number of nitrogens with zero attached hydrogens (tertiary/aromatic N) is 2. The van der Waals surface area contributed by atoms with Gasteiger partial charge in [-0.15, -0.1) is 0 Å². The number of fused-ring (bicyclic) bond motifs is 5. The number of amides is 2. The topological polar surface area (TPSA) is 64.7 Å². The van der Waals surface area contributed by atoms with Gasteiger partial charge in [0.25, 0.3) is 5.91 Å². The van der Waals surface area contributed by atoms with Crippen molar-refractivity contribution in [3.63, 3.8) is 0 Å². The summed E-state index contributed by atoms with van der Waals surface area (Å²) < 4.78 is 38.4. The highest BCUT2D eigenvalue weighted by molar-refractivity contribution is 5.97. The standard InChI is InChI=1S/C24H27F3N4O2/c1-3-11-28-22(32)15-8-9-19-21(13-15)30(2)18-7-5-4-6-17(18)20-14-16(10-12-31(19)20)29-23(33)24(25,26)27/h4-9,13,16,20H,3,10-12,14H2,1-2H3,(H,28,32)(H,29,33)/t16-,20-/m0/s1. The second-order valence-electron chi connectivity index (χ2n) is 8.48. The smallest absolute Gasteiger partial charge is 0.363 e. The highest BCUT2D eigenvalue weighted by atomic mass is 19.4. The zero-order chi connectivity index (χ0) is 23.8. The fourth-order valence-corrected chi connectivity index (χ4v) is 4.67. The van der Waals surface area contributed by atoms with E-state index in [2.05, 4.69) is 15.5 Å². The Morgan fingerprint density at radius 1 is 1.09 bits per heavy atom. The third-order valence-corrected chi connectivity index (χ3v) is 6.30. The average molecular weight is 461 g/mol. The van der Waals surface area contributed by atoms with Crippen LogP contribution in [0.25, 0.3) is 0 Å². The number of hydrogen-bond donors (Lipinski definition) is 2. The maximum absolute atomic E-state index is 12.8. The molecule has 1 fully saturated rings. The second kappa shape index (κ2) is 8.96. The van der Waals surface area contributed by atoms with E-state index in [9.17, 15) is 22.8 Å². The molecule has 2 aromatic carbocycles. The monoisotopic (exact) mass is 460 g/mol. The van der Waals surface area contributed by atoms with Crippen LogP contribution in [0.1, 0.15) is 48.1 Å². The summed E-state index contributed by atoms with van der Waals surface area (Å²) in [7, 11) is 1.92. The van der Waals surface area contributed by atoms with Crippen LogP contribution in [0, 0.1) is 0 Å². The normalized spacial score (nSPS) is 19.7. The molecule has 4 rings (SSSR count). The predicted octanol–water partition coefficient (Wildman–Crippen LogP) is 4.30. The molecule has 0 radical (unpaired) electrons. The van der Waals surface area contributed by atoms with Crippen LogP contribution in [-0.2, 0) is 4.79 Å². The molecule has 9 heteroatoms. The number of rotatable bonds is 4. The van der Waals surface area contributed by atoms with E-state index in [0.29, 0.717) is 31.5 Å². The molecule has 0 aliphatic carbocycles. The SMILES string of the molecule is CCCNC(=O)c1ccc2c(c1)N(C)c1ccccc1[C@@H]1C[C@@H](NC(=O)C(F)(F)F)CCN21. The zero-order valence-corrected chi connectivity index (χ0v) is 18.6. The van der Waals surface area contributed by atoms with E-state index in [-0.39, 0.29) is 11.9 Å². The lowest BCUT2D eigenvalue weighted by atomic mass is 9.90. The molecule has 2 N–H and O–H groups in total. The van der Waals surface area contributed by atoms with Gasteiger partial charge >= 0.3 is 12.1 Å². The van der Waals surface area contributed by atoms with Crippen molar-refractivity contribution in [3.05, 3.63) is 53.6 Å². The summed E-state index contributed by atoms with van der Waals surface area (Å²) in [5.74, 6) is -2.04. The van der Waals surface area contributed by atoms with Crippen LogP contribution in [0.15, 0.2) is 42.5 Å². The summed E-state index contributed by atoms with van der Waals surface area (Å²) in [6, 6.07) is 12.5. The van der Waals surface area contributed by atoms with Gasteiger partial charge < -0.3 is 20.4 Å². The number of benzene rings is 2. The van der Waals surface area contributed by atoms with Crippen molar-refractivity contribution in [1.29, 1.82) is 0 Å². The Labute approximate surface area is 190 Å². The highest BCUT2D eigenvalue weighted by Gasteiger charge is 2.42. The second-order valence-corrected chi connectivity index (χ2v) is 8.48. The molecule has 6 nitrogen and oxygen atoms in total. The number of nitrogens with one attached hydrogen (secondary N) is 2. The summed E-state index contributed by atoms with van der Waals surface area (Å²) in [4.78, 5) is 28.3. The lowest BCUT2D eigenvalue weighted by Crippen LogP contribution is -2.49. The molecule has 2 atom stereocenters. The Morgan fingerprint density at radius 2 is 1.85 bits per heavy atom. The van der Waals surface area contributed by atoms with Crippen molar-refractivity contribution in [2.75, 3.05) is 29.9 Å². The summed E-state index contributed by atoms with van der Waals surface area (Å²) in [6.07, 6.45) is -3.32. The summed E-state index contributed by atoms with van der Waals surface area (Å²) >= 11 is 0. The van der Waals surface area contributed by atoms with Crippen LogP contribution in [0.3, 0.4) is 0 Å². The maximum Gasteiger partial charge on any atom is 0.471 e. The number of carbonyl (C=O) groups excluding carboxylic acids is 2. The van der Waals surface area contributed by atoms with Crippen LogP contribution >= 0.6 is 0 Å². The Bertz CT molecular complexity index is 1060. The minimum Gasteiger partial charge on any atom is -0.363 e. The van der Waals surface area contributed by atoms with E-state index in [1.165, 1.54) is 0 Å². The van der Waals surface area contributed by atoms with E-state index in [0.717, 1.165) is 29.0 Å². The van der Waals surface area contributed by atoms with Gasteiger partial charge in [0.15, 0.2) is 0 Å². The van der Waals surface area contributed by atoms with Gasteiger partial charge in [-0.05, 0) is 49.1 Å². The van der Waals surface area contributed by atoms with Crippen molar-refractivity contribution in [1.82, 2.24) is 10.6 Å². The Kier molecular flexibility index (Phi) is 6.23. The van der Waals surface area contributed by atoms with E-state index >= 15 is 0 Å². The number of para-hydroxylation sites is 1. The number of piperidine rings is 1. The first-order valence-electron chi connectivity index (χ1n) is 11.1. The molecule has 2 aliphatic heterocycles. The van der Waals surface area contributed by atoms with E-state index in [1.54, 1.807) is 6.07 Å². The van der Waals surface area contributed by atoms with Gasteiger partial charge in [0.1, 0.15) is 0 Å². The van der Waals surface area contributed by atoms with E-state index < -0.39 is 18.1 Å². The zero-order valence-electron chi connectivity index (χ0n) is 18.6. The predicted molar refractivity (Wildman–Crippen MR) is 121 cm³/mol. The minimum atomic E-state index is -4.90. The third-order valence-electron chi connectivity index (χ3n) is 6.30. The molecule has 2 aromatic rings. The molecular weight excluding hydrogens is 433 g/mol. The number of alkyl halides is 3. The van der Waals surface area contributed by atoms with Gasteiger partial charge in [0.2, 0.25) is 0 Å². The Morgan fingerprint density at radius 3 is 2.58 bits per heavy atom. The molecule has 2 aliphatic rings. The van der Waals surface area contributed by atoms with Crippen LogP contribution in [0.5, 0.6) is 0 Å². The van der Waals surface area contributed by atoms with Crippen molar-refractivity contribution >= 4 is 28.9 Å². The molecular formula is C24H27F3N4O2. The summed E-state index contributed by atoms with van der Waals surface area (Å²) in [6.45, 7) is 3.06. The van der Waals surface area contributed by atoms with E-state index in [1.807, 2.05) is 55.3 Å². The number of hydrogen-bond acceptors (Lipinski definition) is 4. The van der Waals surface area contributed by atoms with Gasteiger partial charge in [0.05, 0.1) is 17.4 Å². The largest absolute Gasteiger partial charge is 0.471 e. The summed E-state index contributed by atoms with van der Waals surface area (Å²) in [5.41, 5.74) is 4.20. The van der Waals surface area contributed by atoms with Crippen LogP contribution < -0.4 is 20.4 Å². The van der Waals surface area contributed by atoms with Gasteiger partial charge in [-0.2, -0.15) is 13.2 Å². The fourth-order valence-electron chi connectivity index (χ4n) is 4.67. The van der Waals surface area contributed by atoms with Gasteiger partial charge in [0, 0.05) is 37.4 Å². The first-order valence-corrected chi connectivity index (χ1v) is 11.1. The number of halogens is 3. The van der Waals surface area contributed by atoms with E-state index in [4.69, 9.17) is 0 Å². The Hall–Kier alpha value is -3.23. The van der Waals surface area contributed by atoms with Crippen molar-refractivity contribution in [2.24, 2.45) is 0 Å². The molecule has 0 aromatic heterocycles. The lowest BCUT2D eigenvalue weighted by Gasteiger charge is -2.41. The molecule has 2 amide bonds. The fraction of sp³-hybridized carbons (Fsp3) is 0.417. The van der Waals surface area contributed by atoms with Gasteiger partial charge in [-0.3, -0.25) is 9.59 Å². The van der Waals surface area contributed by atoms with Crippen LogP contribution in [-0.4, -0.2) is 44.2 Å². The number of carbonyl (C=O) groups is 2. The van der Waals surface area contributed by atoms with Crippen molar-refractivity contribution in [2.45, 2.75) is 44.4 Å². The maximum atomic E-state index is 12.8. The molecule has 0 bridgehead atoms. The summed E-state index contributed by atoms with van der Waals surface area (Å²) in [5, 5.41) is 5.06. The van der Waals surface area contributed by atoms with Crippen molar-refractivity contribution < 1.29 is 22.8 Å². The minimum absolute atomic E-state index is 0.143. The molecule has 33 heavy (non-hydrogen) atoms. The quantitative estimate of drug-likeness (QED) is 0.714. The van der Waals surface area contributed by atoms with Crippen molar-refractivity contribution in [3.8, 4) is 0 Å². The average Bonchev–Trinajstić information content (AvgIpc) is 2.90.